The average Bonchev–Trinajstić information content (AvgIpc) is 2.75. The van der Waals surface area contributed by atoms with Crippen LogP contribution in [-0.4, -0.2) is 39.0 Å². The molecule has 0 aromatic carbocycles. The van der Waals surface area contributed by atoms with Crippen molar-refractivity contribution < 1.29 is 13.2 Å². The first-order chi connectivity index (χ1) is 9.38. The zero-order valence-corrected chi connectivity index (χ0v) is 15.7. The number of hydrogen-bond acceptors (Lipinski definition) is 4. The highest BCUT2D eigenvalue weighted by Gasteiger charge is 2.31. The smallest absolute Gasteiger partial charge is 0.252 e. The molecular formula is C12H19BrClNO3S2. The Balaban J connectivity index is 3.15. The number of sulfonamides is 1. The van der Waals surface area contributed by atoms with Crippen molar-refractivity contribution in [2.45, 2.75) is 36.9 Å². The molecule has 0 saturated carbocycles. The van der Waals surface area contributed by atoms with E-state index in [1.807, 2.05) is 13.8 Å². The fraction of sp³-hybridized carbons (Fsp3) is 0.667. The molecule has 0 radical (unpaired) electrons. The van der Waals surface area contributed by atoms with Gasteiger partial charge in [0.2, 0.25) is 0 Å². The van der Waals surface area contributed by atoms with Crippen LogP contribution in [-0.2, 0) is 14.8 Å². The largest absolute Gasteiger partial charge is 0.383 e. The highest BCUT2D eigenvalue weighted by molar-refractivity contribution is 9.11. The van der Waals surface area contributed by atoms with Crippen LogP contribution in [0, 0.1) is 0 Å². The standard InChI is InChI=1S/C12H19BrClNO3S2/c1-4-9(5-2)15(6-7-18-3)20(16,17)11-8-10(14)12(13)19-11/h8-9H,4-7H2,1-3H3. The number of nitrogens with zero attached hydrogens (tertiary/aromatic N) is 1. The van der Waals surface area contributed by atoms with E-state index < -0.39 is 10.0 Å². The summed E-state index contributed by atoms with van der Waals surface area (Å²) in [5, 5.41) is 0.421. The summed E-state index contributed by atoms with van der Waals surface area (Å²) >= 11 is 10.3. The maximum absolute atomic E-state index is 12.8. The number of rotatable bonds is 8. The van der Waals surface area contributed by atoms with Gasteiger partial charge >= 0.3 is 0 Å². The predicted octanol–water partition coefficient (Wildman–Crippen LogP) is 3.99. The van der Waals surface area contributed by atoms with E-state index in [1.54, 1.807) is 7.11 Å². The Morgan fingerprint density at radius 1 is 1.45 bits per heavy atom. The lowest BCUT2D eigenvalue weighted by atomic mass is 10.2. The van der Waals surface area contributed by atoms with Gasteiger partial charge in [0.25, 0.3) is 10.0 Å². The molecule has 8 heteroatoms. The van der Waals surface area contributed by atoms with Crippen molar-refractivity contribution in [3.05, 3.63) is 14.9 Å². The van der Waals surface area contributed by atoms with Gasteiger partial charge in [-0.05, 0) is 34.8 Å². The van der Waals surface area contributed by atoms with Crippen molar-refractivity contribution in [2.75, 3.05) is 20.3 Å². The van der Waals surface area contributed by atoms with Gasteiger partial charge in [0.05, 0.1) is 15.4 Å². The van der Waals surface area contributed by atoms with E-state index in [0.717, 1.165) is 24.2 Å². The first-order valence-corrected chi connectivity index (χ1v) is 9.76. The van der Waals surface area contributed by atoms with Crippen molar-refractivity contribution in [1.29, 1.82) is 0 Å². The number of ether oxygens (including phenoxy) is 1. The summed E-state index contributed by atoms with van der Waals surface area (Å²) in [5.74, 6) is 0. The van der Waals surface area contributed by atoms with Gasteiger partial charge in [-0.25, -0.2) is 8.42 Å². The van der Waals surface area contributed by atoms with E-state index >= 15 is 0 Å². The fourth-order valence-corrected chi connectivity index (χ4v) is 6.23. The van der Waals surface area contributed by atoms with Crippen LogP contribution in [0.4, 0.5) is 0 Å². The summed E-state index contributed by atoms with van der Waals surface area (Å²) in [5.41, 5.74) is 0. The highest BCUT2D eigenvalue weighted by Crippen LogP contribution is 2.36. The minimum absolute atomic E-state index is 0.0326. The Hall–Kier alpha value is 0.340. The van der Waals surface area contributed by atoms with Gasteiger partial charge < -0.3 is 4.74 Å². The molecule has 0 aliphatic rings. The second-order valence-corrected chi connectivity index (χ2v) is 9.16. The number of halogens is 2. The minimum atomic E-state index is -3.54. The average molecular weight is 405 g/mol. The summed E-state index contributed by atoms with van der Waals surface area (Å²) < 4.78 is 33.0. The van der Waals surface area contributed by atoms with E-state index in [9.17, 15) is 8.42 Å². The van der Waals surface area contributed by atoms with Crippen molar-refractivity contribution in [3.8, 4) is 0 Å². The van der Waals surface area contributed by atoms with E-state index in [1.165, 1.54) is 10.4 Å². The minimum Gasteiger partial charge on any atom is -0.383 e. The lowest BCUT2D eigenvalue weighted by molar-refractivity contribution is 0.163. The quantitative estimate of drug-likeness (QED) is 0.658. The van der Waals surface area contributed by atoms with Gasteiger partial charge in [0.1, 0.15) is 4.21 Å². The van der Waals surface area contributed by atoms with Crippen LogP contribution in [0.15, 0.2) is 14.1 Å². The Morgan fingerprint density at radius 3 is 2.45 bits per heavy atom. The van der Waals surface area contributed by atoms with Crippen LogP contribution in [0.5, 0.6) is 0 Å². The van der Waals surface area contributed by atoms with Crippen LogP contribution < -0.4 is 0 Å². The van der Waals surface area contributed by atoms with E-state index in [-0.39, 0.29) is 10.3 Å². The molecule has 0 unspecified atom stereocenters. The molecule has 1 aromatic heterocycles. The van der Waals surface area contributed by atoms with Gasteiger partial charge in [-0.1, -0.05) is 25.4 Å². The number of methoxy groups -OCH3 is 1. The second-order valence-electron chi connectivity index (χ2n) is 4.27. The summed E-state index contributed by atoms with van der Waals surface area (Å²) in [7, 11) is -1.98. The molecule has 0 aliphatic carbocycles. The maximum atomic E-state index is 12.8. The molecule has 0 aliphatic heterocycles. The van der Waals surface area contributed by atoms with Crippen LogP contribution in [0.3, 0.4) is 0 Å². The first-order valence-electron chi connectivity index (χ1n) is 6.34. The molecule has 0 saturated heterocycles. The van der Waals surface area contributed by atoms with Gasteiger partial charge in [-0.15, -0.1) is 11.3 Å². The normalized spacial score (nSPS) is 12.6. The molecule has 0 spiro atoms. The molecule has 0 N–H and O–H groups in total. The van der Waals surface area contributed by atoms with Crippen molar-refractivity contribution in [2.24, 2.45) is 0 Å². The molecule has 4 nitrogen and oxygen atoms in total. The summed E-state index contributed by atoms with van der Waals surface area (Å²) in [6.07, 6.45) is 1.53. The van der Waals surface area contributed by atoms with Crippen LogP contribution in [0.25, 0.3) is 0 Å². The third-order valence-electron chi connectivity index (χ3n) is 3.05. The number of hydrogen-bond donors (Lipinski definition) is 0. The lowest BCUT2D eigenvalue weighted by Crippen LogP contribution is -2.41. The van der Waals surface area contributed by atoms with E-state index in [4.69, 9.17) is 16.3 Å². The molecular weight excluding hydrogens is 386 g/mol. The Morgan fingerprint density at radius 2 is 2.05 bits per heavy atom. The lowest BCUT2D eigenvalue weighted by Gasteiger charge is -2.28. The van der Waals surface area contributed by atoms with Gasteiger partial charge in [0.15, 0.2) is 0 Å². The molecule has 116 valence electrons. The maximum Gasteiger partial charge on any atom is 0.252 e. The third kappa shape index (κ3) is 4.18. The number of thiophene rings is 1. The topological polar surface area (TPSA) is 46.6 Å². The Bertz CT molecular complexity index is 509. The summed E-state index contributed by atoms with van der Waals surface area (Å²) in [6, 6.07) is 1.46. The molecule has 20 heavy (non-hydrogen) atoms. The molecule has 0 bridgehead atoms. The molecule has 1 rings (SSSR count). The van der Waals surface area contributed by atoms with Crippen molar-refractivity contribution in [1.82, 2.24) is 4.31 Å². The van der Waals surface area contributed by atoms with Crippen molar-refractivity contribution in [3.63, 3.8) is 0 Å². The SMILES string of the molecule is CCC(CC)N(CCOC)S(=O)(=O)c1cc(Cl)c(Br)s1. The first kappa shape index (κ1) is 18.4. The predicted molar refractivity (Wildman–Crippen MR) is 87.2 cm³/mol. The molecule has 0 amide bonds. The summed E-state index contributed by atoms with van der Waals surface area (Å²) in [6.45, 7) is 4.69. The fourth-order valence-electron chi connectivity index (χ4n) is 1.95. The third-order valence-corrected chi connectivity index (χ3v) is 7.93. The van der Waals surface area contributed by atoms with Crippen molar-refractivity contribution >= 4 is 48.9 Å². The Labute approximate surface area is 138 Å². The zero-order valence-electron chi connectivity index (χ0n) is 11.7. The molecule has 1 aromatic rings. The second kappa shape index (κ2) is 8.10. The van der Waals surface area contributed by atoms with E-state index in [0.29, 0.717) is 22.0 Å². The van der Waals surface area contributed by atoms with Gasteiger partial charge in [0, 0.05) is 19.7 Å². The van der Waals surface area contributed by atoms with Crippen LogP contribution >= 0.6 is 38.9 Å². The van der Waals surface area contributed by atoms with Gasteiger partial charge in [-0.3, -0.25) is 0 Å². The molecule has 0 fully saturated rings. The molecule has 1 heterocycles. The zero-order chi connectivity index (χ0) is 15.3. The van der Waals surface area contributed by atoms with Crippen LogP contribution in [0.1, 0.15) is 26.7 Å². The molecule has 0 atom stereocenters. The van der Waals surface area contributed by atoms with Crippen LogP contribution in [0.2, 0.25) is 5.02 Å². The van der Waals surface area contributed by atoms with E-state index in [2.05, 4.69) is 15.9 Å². The summed E-state index contributed by atoms with van der Waals surface area (Å²) in [4.78, 5) is 0. The van der Waals surface area contributed by atoms with Gasteiger partial charge in [-0.2, -0.15) is 4.31 Å². The highest BCUT2D eigenvalue weighted by atomic mass is 79.9. The monoisotopic (exact) mass is 403 g/mol. The Kier molecular flexibility index (Phi) is 7.45.